The molecule has 0 aromatic carbocycles. The summed E-state index contributed by atoms with van der Waals surface area (Å²) in [4.78, 5) is 0. The van der Waals surface area contributed by atoms with E-state index in [-0.39, 0.29) is 0 Å². The van der Waals surface area contributed by atoms with Crippen molar-refractivity contribution in [2.75, 3.05) is 0 Å². The Hall–Kier alpha value is -2.12. The van der Waals surface area contributed by atoms with Crippen molar-refractivity contribution in [1.29, 1.82) is 0 Å². The molecule has 0 radical (unpaired) electrons. The number of rotatable bonds is 11. The molecule has 0 saturated heterocycles. The number of hydrogen-bond acceptors (Lipinski definition) is 8. The van der Waals surface area contributed by atoms with E-state index in [1.54, 1.807) is 0 Å². The Morgan fingerprint density at radius 3 is 1.73 bits per heavy atom. The van der Waals surface area contributed by atoms with Crippen molar-refractivity contribution >= 4 is 22.8 Å². The lowest BCUT2D eigenvalue weighted by Crippen LogP contribution is -2.14. The van der Waals surface area contributed by atoms with Crippen LogP contribution in [0.4, 0.5) is 0 Å². The second kappa shape index (κ2) is 12.6. The number of nitrogens with zero attached hydrogens (tertiary/aromatic N) is 4. The first-order valence-corrected chi connectivity index (χ1v) is 7.61. The Morgan fingerprint density at radius 2 is 1.23 bits per heavy atom. The van der Waals surface area contributed by atoms with E-state index in [2.05, 4.69) is 27.3 Å². The van der Waals surface area contributed by atoms with Gasteiger partial charge in [0.15, 0.2) is 0 Å². The van der Waals surface area contributed by atoms with Gasteiger partial charge in [-0.2, -0.15) is 20.4 Å². The second-order valence-corrected chi connectivity index (χ2v) is 5.23. The minimum atomic E-state index is 0.577. The molecule has 0 aromatic rings. The maximum atomic E-state index is 5.46. The third-order valence-corrected chi connectivity index (χ3v) is 3.42. The van der Waals surface area contributed by atoms with Gasteiger partial charge < -0.3 is 23.4 Å². The zero-order chi connectivity index (χ0) is 16.8. The van der Waals surface area contributed by atoms with E-state index >= 15 is 0 Å². The van der Waals surface area contributed by atoms with Gasteiger partial charge in [-0.1, -0.05) is 13.3 Å². The molecular formula is C14H30N8. The van der Waals surface area contributed by atoms with Crippen molar-refractivity contribution in [2.24, 2.45) is 43.8 Å². The van der Waals surface area contributed by atoms with Gasteiger partial charge >= 0.3 is 0 Å². The number of hydrazone groups is 4. The second-order valence-electron chi connectivity index (χ2n) is 5.23. The zero-order valence-corrected chi connectivity index (χ0v) is 13.8. The van der Waals surface area contributed by atoms with Crippen molar-refractivity contribution < 1.29 is 0 Å². The predicted octanol–water partition coefficient (Wildman–Crippen LogP) is 1.41. The number of hydrogen-bond donors (Lipinski definition) is 4. The van der Waals surface area contributed by atoms with Gasteiger partial charge in [0, 0.05) is 29.3 Å². The largest absolute Gasteiger partial charge is 0.323 e. The normalized spacial score (nSPS) is 14.5. The molecule has 0 atom stereocenters. The van der Waals surface area contributed by atoms with Crippen molar-refractivity contribution in [2.45, 2.75) is 65.2 Å². The summed E-state index contributed by atoms with van der Waals surface area (Å²) in [7, 11) is 0. The maximum absolute atomic E-state index is 5.46. The summed E-state index contributed by atoms with van der Waals surface area (Å²) in [6, 6.07) is 0. The molecule has 0 aromatic heterocycles. The van der Waals surface area contributed by atoms with Crippen molar-refractivity contribution in [1.82, 2.24) is 0 Å². The summed E-state index contributed by atoms with van der Waals surface area (Å²) in [6.45, 7) is 3.97. The van der Waals surface area contributed by atoms with Crippen molar-refractivity contribution in [3.8, 4) is 0 Å². The van der Waals surface area contributed by atoms with Crippen LogP contribution in [0.2, 0.25) is 0 Å². The van der Waals surface area contributed by atoms with E-state index in [1.807, 2.05) is 6.92 Å². The van der Waals surface area contributed by atoms with E-state index in [1.165, 1.54) is 0 Å². The number of nitrogens with two attached hydrogens (primary N) is 4. The quantitative estimate of drug-likeness (QED) is 0.259. The molecule has 8 nitrogen and oxygen atoms in total. The highest BCUT2D eigenvalue weighted by molar-refractivity contribution is 6.05. The SMILES string of the molecule is CCC/C(CCC/C(C/C(CC/C(C)=N\N)=N/N)=N/N)=N/N. The lowest BCUT2D eigenvalue weighted by Gasteiger charge is -2.08. The lowest BCUT2D eigenvalue weighted by molar-refractivity contribution is 0.861. The first-order valence-electron chi connectivity index (χ1n) is 7.61. The first kappa shape index (κ1) is 19.9. The van der Waals surface area contributed by atoms with Crippen LogP contribution in [-0.2, 0) is 0 Å². The van der Waals surface area contributed by atoms with Crippen LogP contribution >= 0.6 is 0 Å². The van der Waals surface area contributed by atoms with Gasteiger partial charge in [-0.15, -0.1) is 0 Å². The van der Waals surface area contributed by atoms with Crippen molar-refractivity contribution in [3.63, 3.8) is 0 Å². The Labute approximate surface area is 132 Å². The molecule has 8 N–H and O–H groups in total. The summed E-state index contributed by atoms with van der Waals surface area (Å²) in [5.74, 6) is 21.5. The highest BCUT2D eigenvalue weighted by atomic mass is 15.1. The van der Waals surface area contributed by atoms with E-state index in [9.17, 15) is 0 Å². The summed E-state index contributed by atoms with van der Waals surface area (Å²) in [5.41, 5.74) is 3.60. The van der Waals surface area contributed by atoms with Crippen LogP contribution in [-0.4, -0.2) is 22.8 Å². The van der Waals surface area contributed by atoms with Crippen LogP contribution in [0.5, 0.6) is 0 Å². The highest BCUT2D eigenvalue weighted by Gasteiger charge is 2.08. The third-order valence-electron chi connectivity index (χ3n) is 3.42. The molecule has 0 unspecified atom stereocenters. The summed E-state index contributed by atoms with van der Waals surface area (Å²) in [5, 5.41) is 15.1. The molecule has 0 aliphatic carbocycles. The maximum Gasteiger partial charge on any atom is 0.0436 e. The van der Waals surface area contributed by atoms with Crippen LogP contribution in [0, 0.1) is 0 Å². The molecule has 22 heavy (non-hydrogen) atoms. The van der Waals surface area contributed by atoms with Crippen molar-refractivity contribution in [3.05, 3.63) is 0 Å². The molecule has 0 fully saturated rings. The van der Waals surface area contributed by atoms with Gasteiger partial charge in [0.2, 0.25) is 0 Å². The molecule has 0 aliphatic rings. The third kappa shape index (κ3) is 8.93. The van der Waals surface area contributed by atoms with Crippen LogP contribution in [0.25, 0.3) is 0 Å². The van der Waals surface area contributed by atoms with Crippen LogP contribution < -0.4 is 23.4 Å². The first-order chi connectivity index (χ1) is 10.6. The molecule has 0 aliphatic heterocycles. The van der Waals surface area contributed by atoms with Gasteiger partial charge in [0.05, 0.1) is 0 Å². The van der Waals surface area contributed by atoms with Gasteiger partial charge in [0.1, 0.15) is 0 Å². The average molecular weight is 310 g/mol. The molecular weight excluding hydrogens is 280 g/mol. The molecule has 126 valence electrons. The van der Waals surface area contributed by atoms with Gasteiger partial charge in [-0.05, 0) is 45.4 Å². The topological polar surface area (TPSA) is 154 Å². The lowest BCUT2D eigenvalue weighted by atomic mass is 10.0. The predicted molar refractivity (Wildman–Crippen MR) is 94.8 cm³/mol. The summed E-state index contributed by atoms with van der Waals surface area (Å²) < 4.78 is 0. The monoisotopic (exact) mass is 310 g/mol. The fourth-order valence-corrected chi connectivity index (χ4v) is 2.06. The molecule has 0 rings (SSSR count). The Bertz CT molecular complexity index is 423. The van der Waals surface area contributed by atoms with Gasteiger partial charge in [-0.3, -0.25) is 0 Å². The molecule has 0 spiro atoms. The molecule has 8 heteroatoms. The Kier molecular flexibility index (Phi) is 11.4. The Balaban J connectivity index is 4.30. The molecule has 0 heterocycles. The molecule has 0 saturated carbocycles. The Morgan fingerprint density at radius 1 is 0.682 bits per heavy atom. The fraction of sp³-hybridized carbons (Fsp3) is 0.714. The van der Waals surface area contributed by atoms with E-state index in [0.717, 1.165) is 61.4 Å². The minimum Gasteiger partial charge on any atom is -0.323 e. The highest BCUT2D eigenvalue weighted by Crippen LogP contribution is 2.08. The van der Waals surface area contributed by atoms with Crippen LogP contribution in [0.1, 0.15) is 65.2 Å². The average Bonchev–Trinajstić information content (AvgIpc) is 2.55. The smallest absolute Gasteiger partial charge is 0.0436 e. The van der Waals surface area contributed by atoms with Gasteiger partial charge in [0.25, 0.3) is 0 Å². The summed E-state index contributed by atoms with van der Waals surface area (Å²) >= 11 is 0. The summed E-state index contributed by atoms with van der Waals surface area (Å²) in [6.07, 6.45) is 6.53. The zero-order valence-electron chi connectivity index (χ0n) is 13.8. The minimum absolute atomic E-state index is 0.577. The van der Waals surface area contributed by atoms with E-state index in [0.29, 0.717) is 12.8 Å². The van der Waals surface area contributed by atoms with Crippen LogP contribution in [0.15, 0.2) is 20.4 Å². The fourth-order valence-electron chi connectivity index (χ4n) is 2.06. The van der Waals surface area contributed by atoms with Gasteiger partial charge in [-0.25, -0.2) is 0 Å². The molecule has 0 amide bonds. The van der Waals surface area contributed by atoms with E-state index < -0.39 is 0 Å². The standard InChI is InChI=1S/C14H30N8/c1-3-5-12(20-16)6-4-7-13(21-17)10-14(22-18)9-8-11(2)19-15/h3-10,15-18H2,1-2H3/b19-11-,20-12-,21-13-,22-14+. The molecule has 0 bridgehead atoms. The van der Waals surface area contributed by atoms with Crippen LogP contribution in [0.3, 0.4) is 0 Å². The van der Waals surface area contributed by atoms with E-state index in [4.69, 9.17) is 23.4 Å².